The van der Waals surface area contributed by atoms with Crippen LogP contribution in [-0.2, 0) is 7.05 Å². The third-order valence-corrected chi connectivity index (χ3v) is 3.62. The van der Waals surface area contributed by atoms with E-state index >= 15 is 0 Å². The van der Waals surface area contributed by atoms with Gasteiger partial charge in [0.1, 0.15) is 0 Å². The van der Waals surface area contributed by atoms with Crippen LogP contribution in [0.25, 0.3) is 0 Å². The summed E-state index contributed by atoms with van der Waals surface area (Å²) >= 11 is 0. The summed E-state index contributed by atoms with van der Waals surface area (Å²) in [6, 6.07) is 0. The normalized spacial score (nSPS) is 18.5. The summed E-state index contributed by atoms with van der Waals surface area (Å²) in [5.41, 5.74) is 2.01. The highest BCUT2D eigenvalue weighted by molar-refractivity contribution is 5.45. The van der Waals surface area contributed by atoms with Gasteiger partial charge in [-0.1, -0.05) is 25.7 Å². The molecule has 0 amide bonds. The van der Waals surface area contributed by atoms with Gasteiger partial charge in [-0.15, -0.1) is 0 Å². The third-order valence-electron chi connectivity index (χ3n) is 3.62. The molecule has 0 aliphatic heterocycles. The Bertz CT molecular complexity index is 356. The van der Waals surface area contributed by atoms with Crippen LogP contribution in [0.5, 0.6) is 0 Å². The summed E-state index contributed by atoms with van der Waals surface area (Å²) in [6.07, 6.45) is 7.92. The van der Waals surface area contributed by atoms with Crippen LogP contribution in [0.15, 0.2) is 6.20 Å². The van der Waals surface area contributed by atoms with Gasteiger partial charge in [0, 0.05) is 19.8 Å². The first-order valence-electron chi connectivity index (χ1n) is 6.57. The highest BCUT2D eigenvalue weighted by Gasteiger charge is 2.18. The van der Waals surface area contributed by atoms with Crippen LogP contribution in [-0.4, -0.2) is 27.5 Å². The molecule has 1 aliphatic rings. The molecule has 1 unspecified atom stereocenters. The van der Waals surface area contributed by atoms with Gasteiger partial charge in [-0.3, -0.25) is 4.68 Å². The van der Waals surface area contributed by atoms with E-state index in [1.54, 1.807) is 4.68 Å². The first-order valence-corrected chi connectivity index (χ1v) is 6.57. The van der Waals surface area contributed by atoms with Gasteiger partial charge in [0.05, 0.1) is 17.5 Å². The largest absolute Gasteiger partial charge is 0.391 e. The van der Waals surface area contributed by atoms with Gasteiger partial charge in [0.25, 0.3) is 0 Å². The van der Waals surface area contributed by atoms with E-state index in [1.807, 2.05) is 20.2 Å². The molecular weight excluding hydrogens is 214 g/mol. The second-order valence-corrected chi connectivity index (χ2v) is 5.22. The quantitative estimate of drug-likeness (QED) is 0.824. The van der Waals surface area contributed by atoms with Crippen molar-refractivity contribution in [2.75, 3.05) is 11.9 Å². The Balaban J connectivity index is 1.75. The Kier molecular flexibility index (Phi) is 4.05. The lowest BCUT2D eigenvalue weighted by atomic mass is 10.00. The number of hydrogen-bond acceptors (Lipinski definition) is 3. The first kappa shape index (κ1) is 12.4. The van der Waals surface area contributed by atoms with E-state index in [0.29, 0.717) is 6.54 Å². The molecule has 0 bridgehead atoms. The van der Waals surface area contributed by atoms with E-state index < -0.39 is 0 Å². The molecule has 0 radical (unpaired) electrons. The Labute approximate surface area is 103 Å². The molecule has 4 heteroatoms. The van der Waals surface area contributed by atoms with Crippen LogP contribution >= 0.6 is 0 Å². The molecule has 0 saturated heterocycles. The van der Waals surface area contributed by atoms with E-state index in [4.69, 9.17) is 0 Å². The Morgan fingerprint density at radius 1 is 1.53 bits per heavy atom. The van der Waals surface area contributed by atoms with Crippen molar-refractivity contribution in [2.24, 2.45) is 13.0 Å². The van der Waals surface area contributed by atoms with Gasteiger partial charge in [-0.2, -0.15) is 5.10 Å². The van der Waals surface area contributed by atoms with Crippen LogP contribution in [0.3, 0.4) is 0 Å². The molecule has 96 valence electrons. The van der Waals surface area contributed by atoms with Crippen LogP contribution < -0.4 is 5.32 Å². The summed E-state index contributed by atoms with van der Waals surface area (Å²) in [5, 5.41) is 17.5. The van der Waals surface area contributed by atoms with Gasteiger partial charge >= 0.3 is 0 Å². The number of rotatable bonds is 5. The van der Waals surface area contributed by atoms with Gasteiger partial charge in [-0.25, -0.2) is 0 Å². The highest BCUT2D eigenvalue weighted by Crippen LogP contribution is 2.28. The molecule has 17 heavy (non-hydrogen) atoms. The van der Waals surface area contributed by atoms with Crippen LogP contribution in [0, 0.1) is 12.8 Å². The minimum atomic E-state index is -0.238. The number of hydrogen-bond donors (Lipinski definition) is 2. The minimum Gasteiger partial charge on any atom is -0.391 e. The van der Waals surface area contributed by atoms with Crippen molar-refractivity contribution < 1.29 is 5.11 Å². The average molecular weight is 237 g/mol. The van der Waals surface area contributed by atoms with Crippen LogP contribution in [0.1, 0.15) is 37.8 Å². The number of aromatic nitrogens is 2. The molecule has 2 N–H and O–H groups in total. The average Bonchev–Trinajstić information content (AvgIpc) is 2.86. The molecule has 1 aromatic heterocycles. The van der Waals surface area contributed by atoms with E-state index in [0.717, 1.165) is 23.7 Å². The van der Waals surface area contributed by atoms with Crippen molar-refractivity contribution in [3.8, 4) is 0 Å². The maximum Gasteiger partial charge on any atom is 0.0824 e. The number of anilines is 1. The zero-order valence-corrected chi connectivity index (χ0v) is 10.8. The molecule has 0 spiro atoms. The maximum atomic E-state index is 9.98. The lowest BCUT2D eigenvalue weighted by Crippen LogP contribution is -2.22. The van der Waals surface area contributed by atoms with Gasteiger partial charge in [0.15, 0.2) is 0 Å². The van der Waals surface area contributed by atoms with Crippen molar-refractivity contribution in [1.29, 1.82) is 0 Å². The SMILES string of the molecule is Cc1nn(C)cc1NCC(O)CC1CCCC1. The van der Waals surface area contributed by atoms with Crippen molar-refractivity contribution >= 4 is 5.69 Å². The molecule has 1 aliphatic carbocycles. The number of aliphatic hydroxyl groups excluding tert-OH is 1. The maximum absolute atomic E-state index is 9.98. The lowest BCUT2D eigenvalue weighted by molar-refractivity contribution is 0.155. The van der Waals surface area contributed by atoms with Gasteiger partial charge in [-0.05, 0) is 19.3 Å². The second kappa shape index (κ2) is 5.54. The van der Waals surface area contributed by atoms with Crippen molar-refractivity contribution in [3.63, 3.8) is 0 Å². The number of nitrogens with one attached hydrogen (secondary N) is 1. The van der Waals surface area contributed by atoms with Crippen molar-refractivity contribution in [3.05, 3.63) is 11.9 Å². The molecule has 1 heterocycles. The second-order valence-electron chi connectivity index (χ2n) is 5.22. The Morgan fingerprint density at radius 2 is 2.24 bits per heavy atom. The van der Waals surface area contributed by atoms with E-state index in [1.165, 1.54) is 25.7 Å². The standard InChI is InChI=1S/C13H23N3O/c1-10-13(9-16(2)15-10)14-8-12(17)7-11-5-3-4-6-11/h9,11-12,14,17H,3-8H2,1-2H3. The summed E-state index contributed by atoms with van der Waals surface area (Å²) in [4.78, 5) is 0. The molecule has 1 saturated carbocycles. The molecule has 2 rings (SSSR count). The number of aliphatic hydroxyl groups is 1. The molecule has 1 aromatic rings. The van der Waals surface area contributed by atoms with E-state index in [9.17, 15) is 5.11 Å². The third kappa shape index (κ3) is 3.46. The predicted molar refractivity (Wildman–Crippen MR) is 69.0 cm³/mol. The number of aryl methyl sites for hydroxylation is 2. The zero-order valence-electron chi connectivity index (χ0n) is 10.8. The molecule has 0 aromatic carbocycles. The predicted octanol–water partition coefficient (Wildman–Crippen LogP) is 2.08. The van der Waals surface area contributed by atoms with Gasteiger partial charge in [0.2, 0.25) is 0 Å². The Morgan fingerprint density at radius 3 is 2.82 bits per heavy atom. The van der Waals surface area contributed by atoms with E-state index in [-0.39, 0.29) is 6.10 Å². The Hall–Kier alpha value is -1.03. The number of nitrogens with zero attached hydrogens (tertiary/aromatic N) is 2. The highest BCUT2D eigenvalue weighted by atomic mass is 16.3. The van der Waals surface area contributed by atoms with Gasteiger partial charge < -0.3 is 10.4 Å². The molecular formula is C13H23N3O. The van der Waals surface area contributed by atoms with Crippen LogP contribution in [0.4, 0.5) is 5.69 Å². The van der Waals surface area contributed by atoms with E-state index in [2.05, 4.69) is 10.4 Å². The summed E-state index contributed by atoms with van der Waals surface area (Å²) in [7, 11) is 1.91. The fourth-order valence-corrected chi connectivity index (χ4v) is 2.72. The lowest BCUT2D eigenvalue weighted by Gasteiger charge is -2.16. The summed E-state index contributed by atoms with van der Waals surface area (Å²) < 4.78 is 1.79. The van der Waals surface area contributed by atoms with Crippen molar-refractivity contribution in [2.45, 2.75) is 45.1 Å². The monoisotopic (exact) mass is 237 g/mol. The topological polar surface area (TPSA) is 50.1 Å². The minimum absolute atomic E-state index is 0.238. The van der Waals surface area contributed by atoms with Crippen molar-refractivity contribution in [1.82, 2.24) is 9.78 Å². The first-order chi connectivity index (χ1) is 8.15. The summed E-state index contributed by atoms with van der Waals surface area (Å²) in [6.45, 7) is 2.61. The molecule has 4 nitrogen and oxygen atoms in total. The fourth-order valence-electron chi connectivity index (χ4n) is 2.72. The molecule has 1 atom stereocenters. The van der Waals surface area contributed by atoms with Crippen LogP contribution in [0.2, 0.25) is 0 Å². The fraction of sp³-hybridized carbons (Fsp3) is 0.769. The smallest absolute Gasteiger partial charge is 0.0824 e. The summed E-state index contributed by atoms with van der Waals surface area (Å²) in [5.74, 6) is 0.738. The molecule has 1 fully saturated rings. The zero-order chi connectivity index (χ0) is 12.3.